The Kier molecular flexibility index (Phi) is 5.86. The quantitative estimate of drug-likeness (QED) is 0.624. The van der Waals surface area contributed by atoms with Gasteiger partial charge in [0.05, 0.1) is 12.8 Å². The number of ether oxygens (including phenoxy) is 2. The van der Waals surface area contributed by atoms with Crippen LogP contribution >= 0.6 is 0 Å². The summed E-state index contributed by atoms with van der Waals surface area (Å²) in [6, 6.07) is 6.01. The minimum absolute atomic E-state index is 0.172. The van der Waals surface area contributed by atoms with Crippen LogP contribution in [0.15, 0.2) is 30.3 Å². The number of hydrogen-bond donors (Lipinski definition) is 1. The third kappa shape index (κ3) is 4.14. The molecule has 1 N–H and O–H groups in total. The summed E-state index contributed by atoms with van der Waals surface area (Å²) in [5.41, 5.74) is -0.113. The largest absolute Gasteiger partial charge is 0.493 e. The first-order chi connectivity index (χ1) is 12.2. The number of amides is 1. The maximum atomic E-state index is 13.6. The van der Waals surface area contributed by atoms with E-state index in [1.165, 1.54) is 39.2 Å². The van der Waals surface area contributed by atoms with Crippen LogP contribution in [0, 0.1) is 17.5 Å². The van der Waals surface area contributed by atoms with Gasteiger partial charge in [0, 0.05) is 5.56 Å². The number of ketones is 1. The Hall–Kier alpha value is -3.03. The maximum absolute atomic E-state index is 13.6. The predicted molar refractivity (Wildman–Crippen MR) is 88.0 cm³/mol. The van der Waals surface area contributed by atoms with Crippen LogP contribution in [0.5, 0.6) is 11.5 Å². The van der Waals surface area contributed by atoms with Gasteiger partial charge in [-0.2, -0.15) is 0 Å². The van der Waals surface area contributed by atoms with Crippen LogP contribution in [-0.4, -0.2) is 24.9 Å². The number of Topliss-reactive ketones (excluding diaryl/α,β-unsaturated/α-hetero) is 1. The molecule has 0 radical (unpaired) electrons. The summed E-state index contributed by atoms with van der Waals surface area (Å²) in [7, 11) is 1.37. The molecule has 2 aromatic carbocycles. The van der Waals surface area contributed by atoms with Crippen LogP contribution in [0.3, 0.4) is 0 Å². The molecule has 0 aromatic heterocycles. The number of carbonyl (C=O) groups is 2. The van der Waals surface area contributed by atoms with Gasteiger partial charge in [0.15, 0.2) is 40.8 Å². The first-order valence-corrected chi connectivity index (χ1v) is 7.54. The minimum Gasteiger partial charge on any atom is -0.493 e. The van der Waals surface area contributed by atoms with Crippen LogP contribution in [-0.2, 0) is 4.79 Å². The van der Waals surface area contributed by atoms with E-state index < -0.39 is 35.2 Å². The van der Waals surface area contributed by atoms with E-state index in [1.54, 1.807) is 0 Å². The van der Waals surface area contributed by atoms with Gasteiger partial charge in [-0.1, -0.05) is 0 Å². The van der Waals surface area contributed by atoms with E-state index in [0.717, 1.165) is 6.07 Å². The topological polar surface area (TPSA) is 64.6 Å². The summed E-state index contributed by atoms with van der Waals surface area (Å²) < 4.78 is 50.4. The first kappa shape index (κ1) is 19.3. The zero-order valence-corrected chi connectivity index (χ0v) is 14.2. The van der Waals surface area contributed by atoms with Crippen molar-refractivity contribution in [3.8, 4) is 11.5 Å². The van der Waals surface area contributed by atoms with Crippen molar-refractivity contribution >= 4 is 17.4 Å². The molecule has 0 unspecified atom stereocenters. The monoisotopic (exact) mass is 367 g/mol. The number of halogens is 3. The summed E-state index contributed by atoms with van der Waals surface area (Å²) in [5, 5.41) is 2.12. The van der Waals surface area contributed by atoms with E-state index in [4.69, 9.17) is 9.47 Å². The first-order valence-electron chi connectivity index (χ1n) is 7.54. The SMILES string of the molecule is COc1cc(C(C)=O)ccc1O[C@H](C)C(=O)Nc1ccc(F)c(F)c1F. The van der Waals surface area contributed by atoms with Crippen LogP contribution in [0.4, 0.5) is 18.9 Å². The van der Waals surface area contributed by atoms with Crippen molar-refractivity contribution in [3.63, 3.8) is 0 Å². The Morgan fingerprint density at radius 1 is 1.04 bits per heavy atom. The molecule has 0 fully saturated rings. The molecule has 0 aliphatic carbocycles. The van der Waals surface area contributed by atoms with Crippen molar-refractivity contribution in [3.05, 3.63) is 53.3 Å². The van der Waals surface area contributed by atoms with Gasteiger partial charge in [-0.25, -0.2) is 13.2 Å². The molecule has 0 aliphatic rings. The predicted octanol–water partition coefficient (Wildman–Crippen LogP) is 3.72. The highest BCUT2D eigenvalue weighted by molar-refractivity contribution is 5.95. The van der Waals surface area contributed by atoms with E-state index in [0.29, 0.717) is 11.6 Å². The fourth-order valence-electron chi connectivity index (χ4n) is 2.08. The van der Waals surface area contributed by atoms with Gasteiger partial charge in [-0.3, -0.25) is 9.59 Å². The van der Waals surface area contributed by atoms with Crippen molar-refractivity contribution in [1.82, 2.24) is 0 Å². The molecule has 5 nitrogen and oxygen atoms in total. The number of benzene rings is 2. The number of methoxy groups -OCH3 is 1. The van der Waals surface area contributed by atoms with E-state index >= 15 is 0 Å². The van der Waals surface area contributed by atoms with Crippen LogP contribution in [0.1, 0.15) is 24.2 Å². The number of anilines is 1. The molecule has 0 saturated heterocycles. The van der Waals surface area contributed by atoms with Gasteiger partial charge in [-0.15, -0.1) is 0 Å². The van der Waals surface area contributed by atoms with E-state index in [-0.39, 0.29) is 17.3 Å². The molecular weight excluding hydrogens is 351 g/mol. The molecule has 0 heterocycles. The second kappa shape index (κ2) is 7.90. The third-order valence-electron chi connectivity index (χ3n) is 3.54. The maximum Gasteiger partial charge on any atom is 0.265 e. The molecular formula is C18H16F3NO4. The van der Waals surface area contributed by atoms with E-state index in [9.17, 15) is 22.8 Å². The summed E-state index contributed by atoms with van der Waals surface area (Å²) in [5.74, 6) is -5.09. The summed E-state index contributed by atoms with van der Waals surface area (Å²) >= 11 is 0. The molecule has 0 spiro atoms. The molecule has 1 atom stereocenters. The number of hydrogen-bond acceptors (Lipinski definition) is 4. The molecule has 0 saturated carbocycles. The number of rotatable bonds is 6. The fourth-order valence-corrected chi connectivity index (χ4v) is 2.08. The Labute approximate surface area is 147 Å². The van der Waals surface area contributed by atoms with Gasteiger partial charge in [-0.05, 0) is 44.2 Å². The van der Waals surface area contributed by atoms with Crippen LogP contribution in [0.25, 0.3) is 0 Å². The van der Waals surface area contributed by atoms with E-state index in [2.05, 4.69) is 5.32 Å². The lowest BCUT2D eigenvalue weighted by Gasteiger charge is -2.17. The van der Waals surface area contributed by atoms with Crippen molar-refractivity contribution in [2.45, 2.75) is 20.0 Å². The molecule has 1 amide bonds. The molecule has 0 bridgehead atoms. The molecule has 0 aliphatic heterocycles. The minimum atomic E-state index is -1.68. The smallest absolute Gasteiger partial charge is 0.265 e. The van der Waals surface area contributed by atoms with Crippen molar-refractivity contribution in [2.24, 2.45) is 0 Å². The fraction of sp³-hybridized carbons (Fsp3) is 0.222. The summed E-state index contributed by atoms with van der Waals surface area (Å²) in [4.78, 5) is 23.5. The van der Waals surface area contributed by atoms with Gasteiger partial charge in [0.1, 0.15) is 0 Å². The molecule has 26 heavy (non-hydrogen) atoms. The lowest BCUT2D eigenvalue weighted by Crippen LogP contribution is -2.30. The molecule has 8 heteroatoms. The molecule has 138 valence electrons. The van der Waals surface area contributed by atoms with Crippen LogP contribution < -0.4 is 14.8 Å². The lowest BCUT2D eigenvalue weighted by molar-refractivity contribution is -0.122. The van der Waals surface area contributed by atoms with Gasteiger partial charge in [0.25, 0.3) is 5.91 Å². The number of nitrogens with one attached hydrogen (secondary N) is 1. The summed E-state index contributed by atoms with van der Waals surface area (Å²) in [6.45, 7) is 2.77. The van der Waals surface area contributed by atoms with Crippen molar-refractivity contribution in [2.75, 3.05) is 12.4 Å². The molecule has 2 aromatic rings. The lowest BCUT2D eigenvalue weighted by atomic mass is 10.1. The Morgan fingerprint density at radius 3 is 2.35 bits per heavy atom. The number of carbonyl (C=O) groups excluding carboxylic acids is 2. The molecule has 2 rings (SSSR count). The standard InChI is InChI=1S/C18H16F3NO4/c1-9(23)11-4-7-14(15(8-11)25-3)26-10(2)18(24)22-13-6-5-12(19)16(20)17(13)21/h4-8,10H,1-3H3,(H,22,24)/t10-/m1/s1. The zero-order chi connectivity index (χ0) is 19.4. The second-order valence-electron chi connectivity index (χ2n) is 5.39. The Morgan fingerprint density at radius 2 is 1.73 bits per heavy atom. The van der Waals surface area contributed by atoms with Crippen molar-refractivity contribution in [1.29, 1.82) is 0 Å². The van der Waals surface area contributed by atoms with Gasteiger partial charge < -0.3 is 14.8 Å². The average Bonchev–Trinajstić information content (AvgIpc) is 2.62. The van der Waals surface area contributed by atoms with E-state index in [1.807, 2.05) is 0 Å². The second-order valence-corrected chi connectivity index (χ2v) is 5.39. The summed E-state index contributed by atoms with van der Waals surface area (Å²) in [6.07, 6.45) is -1.11. The highest BCUT2D eigenvalue weighted by Gasteiger charge is 2.21. The van der Waals surface area contributed by atoms with Crippen LogP contribution in [0.2, 0.25) is 0 Å². The normalized spacial score (nSPS) is 11.6. The zero-order valence-electron chi connectivity index (χ0n) is 14.2. The average molecular weight is 367 g/mol. The Balaban J connectivity index is 2.15. The highest BCUT2D eigenvalue weighted by Crippen LogP contribution is 2.29. The third-order valence-corrected chi connectivity index (χ3v) is 3.54. The highest BCUT2D eigenvalue weighted by atomic mass is 19.2. The Bertz CT molecular complexity index is 855. The van der Waals surface area contributed by atoms with Crippen molar-refractivity contribution < 1.29 is 32.2 Å². The van der Waals surface area contributed by atoms with Gasteiger partial charge in [0.2, 0.25) is 0 Å². The van der Waals surface area contributed by atoms with Gasteiger partial charge >= 0.3 is 0 Å².